The van der Waals surface area contributed by atoms with Crippen LogP contribution in [0, 0.1) is 5.82 Å². The predicted octanol–water partition coefficient (Wildman–Crippen LogP) is 4.10. The Morgan fingerprint density at radius 3 is 2.65 bits per heavy atom. The first-order valence-electron chi connectivity index (χ1n) is 6.39. The summed E-state index contributed by atoms with van der Waals surface area (Å²) in [5.74, 6) is 0.609. The van der Waals surface area contributed by atoms with Gasteiger partial charge in [0.25, 0.3) is 0 Å². The maximum Gasteiger partial charge on any atom is 0.124 e. The molecule has 2 aromatic carbocycles. The van der Waals surface area contributed by atoms with Crippen LogP contribution in [0.15, 0.2) is 46.9 Å². The van der Waals surface area contributed by atoms with Crippen LogP contribution in [0.5, 0.6) is 5.75 Å². The van der Waals surface area contributed by atoms with Gasteiger partial charge in [0.2, 0.25) is 0 Å². The minimum atomic E-state index is -0.241. The molecule has 20 heavy (non-hydrogen) atoms. The maximum atomic E-state index is 13.5. The Balaban J connectivity index is 2.28. The second kappa shape index (κ2) is 6.86. The first-order chi connectivity index (χ1) is 9.63. The summed E-state index contributed by atoms with van der Waals surface area (Å²) in [7, 11) is 3.53. The molecule has 2 aromatic rings. The number of ether oxygens (including phenoxy) is 1. The molecule has 0 radical (unpaired) electrons. The standard InChI is InChI=1S/C16H17BrFNO/c1-19-15(12-7-13(17)10-14(18)8-12)9-11-5-3-4-6-16(11)20-2/h3-8,10,15,19H,9H2,1-2H3. The van der Waals surface area contributed by atoms with Gasteiger partial charge in [-0.3, -0.25) is 0 Å². The SMILES string of the molecule is CNC(Cc1ccccc1OC)c1cc(F)cc(Br)c1. The fourth-order valence-corrected chi connectivity index (χ4v) is 2.74. The molecule has 1 atom stereocenters. The molecule has 1 N–H and O–H groups in total. The van der Waals surface area contributed by atoms with Crippen LogP contribution in [0.1, 0.15) is 17.2 Å². The van der Waals surface area contributed by atoms with Crippen LogP contribution >= 0.6 is 15.9 Å². The van der Waals surface area contributed by atoms with Gasteiger partial charge in [-0.25, -0.2) is 4.39 Å². The van der Waals surface area contributed by atoms with Crippen molar-refractivity contribution in [2.75, 3.05) is 14.2 Å². The average molecular weight is 338 g/mol. The van der Waals surface area contributed by atoms with E-state index in [1.165, 1.54) is 6.07 Å². The van der Waals surface area contributed by atoms with Crippen molar-refractivity contribution in [1.82, 2.24) is 5.32 Å². The van der Waals surface area contributed by atoms with E-state index in [0.29, 0.717) is 0 Å². The number of para-hydroxylation sites is 1. The molecular formula is C16H17BrFNO. The van der Waals surface area contributed by atoms with Crippen molar-refractivity contribution in [1.29, 1.82) is 0 Å². The Bertz CT molecular complexity index is 568. The third-order valence-corrected chi connectivity index (χ3v) is 3.71. The van der Waals surface area contributed by atoms with Crippen molar-refractivity contribution in [3.05, 3.63) is 63.9 Å². The molecule has 0 aliphatic heterocycles. The lowest BCUT2D eigenvalue weighted by Gasteiger charge is -2.18. The van der Waals surface area contributed by atoms with Crippen molar-refractivity contribution in [3.63, 3.8) is 0 Å². The third kappa shape index (κ3) is 3.58. The summed E-state index contributed by atoms with van der Waals surface area (Å²) in [6, 6.07) is 12.8. The second-order valence-corrected chi connectivity index (χ2v) is 5.48. The van der Waals surface area contributed by atoms with E-state index in [-0.39, 0.29) is 11.9 Å². The third-order valence-electron chi connectivity index (χ3n) is 3.25. The molecule has 0 saturated carbocycles. The van der Waals surface area contributed by atoms with E-state index >= 15 is 0 Å². The van der Waals surface area contributed by atoms with E-state index in [9.17, 15) is 4.39 Å². The zero-order valence-corrected chi connectivity index (χ0v) is 13.1. The van der Waals surface area contributed by atoms with E-state index in [0.717, 1.165) is 27.8 Å². The van der Waals surface area contributed by atoms with Crippen molar-refractivity contribution in [2.45, 2.75) is 12.5 Å². The van der Waals surface area contributed by atoms with Gasteiger partial charge < -0.3 is 10.1 Å². The van der Waals surface area contributed by atoms with Crippen molar-refractivity contribution in [2.24, 2.45) is 0 Å². The molecule has 0 heterocycles. The highest BCUT2D eigenvalue weighted by Crippen LogP contribution is 2.27. The van der Waals surface area contributed by atoms with E-state index in [1.54, 1.807) is 13.2 Å². The van der Waals surface area contributed by atoms with Gasteiger partial charge >= 0.3 is 0 Å². The maximum absolute atomic E-state index is 13.5. The van der Waals surface area contributed by atoms with Crippen LogP contribution in [0.2, 0.25) is 0 Å². The summed E-state index contributed by atoms with van der Waals surface area (Å²) in [5, 5.41) is 3.23. The molecule has 0 aliphatic rings. The normalized spacial score (nSPS) is 12.2. The molecule has 2 rings (SSSR count). The van der Waals surface area contributed by atoms with Crippen LogP contribution in [0.3, 0.4) is 0 Å². The second-order valence-electron chi connectivity index (χ2n) is 4.56. The minimum absolute atomic E-state index is 0.0262. The summed E-state index contributed by atoms with van der Waals surface area (Å²) in [6.07, 6.45) is 0.733. The lowest BCUT2D eigenvalue weighted by molar-refractivity contribution is 0.406. The molecule has 0 bridgehead atoms. The molecule has 0 aromatic heterocycles. The number of hydrogen-bond acceptors (Lipinski definition) is 2. The molecule has 4 heteroatoms. The summed E-state index contributed by atoms with van der Waals surface area (Å²) in [5.41, 5.74) is 2.00. The first kappa shape index (κ1) is 15.0. The van der Waals surface area contributed by atoms with E-state index in [2.05, 4.69) is 21.2 Å². The Morgan fingerprint density at radius 2 is 2.00 bits per heavy atom. The molecule has 2 nitrogen and oxygen atoms in total. The lowest BCUT2D eigenvalue weighted by Crippen LogP contribution is -2.19. The highest BCUT2D eigenvalue weighted by Gasteiger charge is 2.14. The predicted molar refractivity (Wildman–Crippen MR) is 82.6 cm³/mol. The minimum Gasteiger partial charge on any atom is -0.496 e. The van der Waals surface area contributed by atoms with Gasteiger partial charge in [0.05, 0.1) is 7.11 Å². The number of rotatable bonds is 5. The number of hydrogen-bond donors (Lipinski definition) is 1. The fourth-order valence-electron chi connectivity index (χ4n) is 2.25. The van der Waals surface area contributed by atoms with Crippen LogP contribution in [-0.4, -0.2) is 14.2 Å². The van der Waals surface area contributed by atoms with Crippen LogP contribution in [0.4, 0.5) is 4.39 Å². The van der Waals surface area contributed by atoms with Gasteiger partial charge in [0.15, 0.2) is 0 Å². The van der Waals surface area contributed by atoms with Gasteiger partial charge in [-0.1, -0.05) is 34.1 Å². The van der Waals surface area contributed by atoms with Gasteiger partial charge in [-0.05, 0) is 48.9 Å². The highest BCUT2D eigenvalue weighted by atomic mass is 79.9. The molecule has 0 spiro atoms. The quantitative estimate of drug-likeness (QED) is 0.886. The Hall–Kier alpha value is -1.39. The molecular weight excluding hydrogens is 321 g/mol. The summed E-state index contributed by atoms with van der Waals surface area (Å²) >= 11 is 3.33. The monoisotopic (exact) mass is 337 g/mol. The largest absolute Gasteiger partial charge is 0.496 e. The van der Waals surface area contributed by atoms with Gasteiger partial charge in [0.1, 0.15) is 11.6 Å². The summed E-state index contributed by atoms with van der Waals surface area (Å²) in [6.45, 7) is 0. The van der Waals surface area contributed by atoms with E-state index < -0.39 is 0 Å². The van der Waals surface area contributed by atoms with Crippen molar-refractivity contribution >= 4 is 15.9 Å². The number of nitrogens with one attached hydrogen (secondary N) is 1. The molecule has 0 amide bonds. The van der Waals surface area contributed by atoms with Crippen molar-refractivity contribution < 1.29 is 9.13 Å². The van der Waals surface area contributed by atoms with Crippen LogP contribution in [-0.2, 0) is 6.42 Å². The van der Waals surface area contributed by atoms with E-state index in [1.807, 2.05) is 37.4 Å². The Kier molecular flexibility index (Phi) is 5.15. The molecule has 1 unspecified atom stereocenters. The smallest absolute Gasteiger partial charge is 0.124 e. The highest BCUT2D eigenvalue weighted by molar-refractivity contribution is 9.10. The summed E-state index contributed by atoms with van der Waals surface area (Å²) in [4.78, 5) is 0. The molecule has 0 saturated heterocycles. The topological polar surface area (TPSA) is 21.3 Å². The zero-order chi connectivity index (χ0) is 14.5. The summed E-state index contributed by atoms with van der Waals surface area (Å²) < 4.78 is 19.6. The molecule has 0 fully saturated rings. The zero-order valence-electron chi connectivity index (χ0n) is 11.5. The van der Waals surface area contributed by atoms with Gasteiger partial charge in [-0.2, -0.15) is 0 Å². The van der Waals surface area contributed by atoms with Gasteiger partial charge in [-0.15, -0.1) is 0 Å². The number of benzene rings is 2. The Morgan fingerprint density at radius 1 is 1.25 bits per heavy atom. The first-order valence-corrected chi connectivity index (χ1v) is 7.18. The van der Waals surface area contributed by atoms with Gasteiger partial charge in [0, 0.05) is 10.5 Å². The van der Waals surface area contributed by atoms with E-state index in [4.69, 9.17) is 4.74 Å². The van der Waals surface area contributed by atoms with Crippen LogP contribution < -0.4 is 10.1 Å². The van der Waals surface area contributed by atoms with Crippen LogP contribution in [0.25, 0.3) is 0 Å². The number of halogens is 2. The fraction of sp³-hybridized carbons (Fsp3) is 0.250. The average Bonchev–Trinajstić information content (AvgIpc) is 2.44. The number of likely N-dealkylation sites (N-methyl/N-ethyl adjacent to an activating group) is 1. The molecule has 0 aliphatic carbocycles. The Labute approximate surface area is 127 Å². The number of methoxy groups -OCH3 is 1. The lowest BCUT2D eigenvalue weighted by atomic mass is 9.98. The molecule has 106 valence electrons. The van der Waals surface area contributed by atoms with Crippen molar-refractivity contribution in [3.8, 4) is 5.75 Å².